The zero-order chi connectivity index (χ0) is 9.84. The molecule has 1 aliphatic rings. The van der Waals surface area contributed by atoms with Crippen LogP contribution in [0.15, 0.2) is 0 Å². The molecule has 0 bridgehead atoms. The molecule has 0 amide bonds. The smallest absolute Gasteiger partial charge is 0.133 e. The average molecular weight is 201 g/mol. The molecule has 0 aromatic carbocycles. The van der Waals surface area contributed by atoms with Gasteiger partial charge in [0.2, 0.25) is 0 Å². The summed E-state index contributed by atoms with van der Waals surface area (Å²) in [5.74, 6) is 0. The number of alkyl halides is 1. The minimum Gasteiger partial charge on any atom is -0.295 e. The predicted molar refractivity (Wildman–Crippen MR) is 54.7 cm³/mol. The Morgan fingerprint density at radius 1 is 1.46 bits per heavy atom. The minimum atomic E-state index is -0.358. The molecular weight excluding hydrogens is 184 g/mol. The first-order valence-corrected chi connectivity index (χ1v) is 5.38. The monoisotopic (exact) mass is 200 g/mol. The van der Waals surface area contributed by atoms with Crippen molar-refractivity contribution in [3.63, 3.8) is 0 Å². The predicted octanol–water partition coefficient (Wildman–Crippen LogP) is 2.38. The first-order chi connectivity index (χ1) is 6.15. The summed E-state index contributed by atoms with van der Waals surface area (Å²) in [5, 5.41) is 8.27. The number of hydrogen-bond donors (Lipinski definition) is 0. The lowest BCUT2D eigenvalue weighted by atomic mass is 9.97. The summed E-state index contributed by atoms with van der Waals surface area (Å²) in [6.07, 6.45) is 3.77. The standard InChI is InChI=1S/C10H17ClN2/c1-8-4-3-5-9(2)13(8)7-10(11)6-12/h8-10H,3-5,7H2,1-2H3. The van der Waals surface area contributed by atoms with Crippen LogP contribution in [0.1, 0.15) is 33.1 Å². The van der Waals surface area contributed by atoms with E-state index in [-0.39, 0.29) is 5.38 Å². The van der Waals surface area contributed by atoms with Crippen molar-refractivity contribution in [3.05, 3.63) is 0 Å². The zero-order valence-corrected chi connectivity index (χ0v) is 9.09. The Hall–Kier alpha value is -0.260. The maximum atomic E-state index is 8.63. The van der Waals surface area contributed by atoms with Gasteiger partial charge in [-0.05, 0) is 26.7 Å². The maximum Gasteiger partial charge on any atom is 0.133 e. The number of halogens is 1. The molecule has 3 heteroatoms. The molecule has 3 atom stereocenters. The van der Waals surface area contributed by atoms with Crippen molar-refractivity contribution in [2.75, 3.05) is 6.54 Å². The number of likely N-dealkylation sites (tertiary alicyclic amines) is 1. The SMILES string of the molecule is CC1CCCC(C)N1CC(Cl)C#N. The van der Waals surface area contributed by atoms with Gasteiger partial charge in [-0.1, -0.05) is 6.42 Å². The molecule has 0 saturated carbocycles. The number of nitriles is 1. The zero-order valence-electron chi connectivity index (χ0n) is 8.33. The third-order valence-electron chi connectivity index (χ3n) is 2.89. The highest BCUT2D eigenvalue weighted by Gasteiger charge is 2.26. The summed E-state index contributed by atoms with van der Waals surface area (Å²) in [7, 11) is 0. The fourth-order valence-electron chi connectivity index (χ4n) is 2.06. The molecule has 0 N–H and O–H groups in total. The third kappa shape index (κ3) is 2.86. The summed E-state index contributed by atoms with van der Waals surface area (Å²) in [6.45, 7) is 5.15. The van der Waals surface area contributed by atoms with Crippen LogP contribution in [0.5, 0.6) is 0 Å². The normalized spacial score (nSPS) is 32.5. The van der Waals surface area contributed by atoms with Crippen molar-refractivity contribution < 1.29 is 0 Å². The third-order valence-corrected chi connectivity index (χ3v) is 3.12. The lowest BCUT2D eigenvalue weighted by molar-refractivity contribution is 0.107. The second-order valence-electron chi connectivity index (χ2n) is 3.92. The fourth-order valence-corrected chi connectivity index (χ4v) is 2.22. The molecule has 0 aromatic rings. The highest BCUT2D eigenvalue weighted by atomic mass is 35.5. The summed E-state index contributed by atoms with van der Waals surface area (Å²) in [6, 6.07) is 3.24. The molecule has 1 saturated heterocycles. The first kappa shape index (κ1) is 10.8. The van der Waals surface area contributed by atoms with Crippen LogP contribution in [-0.2, 0) is 0 Å². The molecule has 1 rings (SSSR count). The van der Waals surface area contributed by atoms with Gasteiger partial charge < -0.3 is 0 Å². The van der Waals surface area contributed by atoms with E-state index in [4.69, 9.17) is 16.9 Å². The van der Waals surface area contributed by atoms with E-state index in [1.807, 2.05) is 0 Å². The van der Waals surface area contributed by atoms with E-state index in [9.17, 15) is 0 Å². The van der Waals surface area contributed by atoms with Crippen LogP contribution < -0.4 is 0 Å². The Balaban J connectivity index is 2.49. The van der Waals surface area contributed by atoms with Gasteiger partial charge >= 0.3 is 0 Å². The van der Waals surface area contributed by atoms with Crippen molar-refractivity contribution in [2.24, 2.45) is 0 Å². The average Bonchev–Trinajstić information content (AvgIpc) is 2.11. The van der Waals surface area contributed by atoms with Crippen molar-refractivity contribution in [1.29, 1.82) is 5.26 Å². The molecule has 0 spiro atoms. The Morgan fingerprint density at radius 2 is 2.00 bits per heavy atom. The molecule has 1 aliphatic heterocycles. The molecule has 1 heterocycles. The van der Waals surface area contributed by atoms with Gasteiger partial charge in [-0.3, -0.25) is 4.90 Å². The van der Waals surface area contributed by atoms with Gasteiger partial charge in [-0.25, -0.2) is 0 Å². The molecule has 0 aromatic heterocycles. The van der Waals surface area contributed by atoms with Crippen LogP contribution in [0.3, 0.4) is 0 Å². The second kappa shape index (κ2) is 4.83. The quantitative estimate of drug-likeness (QED) is 0.640. The molecule has 74 valence electrons. The Labute approximate surface area is 85.5 Å². The van der Waals surface area contributed by atoms with Gasteiger partial charge in [0.05, 0.1) is 6.07 Å². The fraction of sp³-hybridized carbons (Fsp3) is 0.900. The lowest BCUT2D eigenvalue weighted by Gasteiger charge is -2.39. The highest BCUT2D eigenvalue weighted by molar-refractivity contribution is 6.22. The number of nitrogens with zero attached hydrogens (tertiary/aromatic N) is 2. The van der Waals surface area contributed by atoms with Gasteiger partial charge in [-0.15, -0.1) is 11.6 Å². The van der Waals surface area contributed by atoms with E-state index >= 15 is 0 Å². The molecule has 13 heavy (non-hydrogen) atoms. The Morgan fingerprint density at radius 3 is 2.46 bits per heavy atom. The molecular formula is C10H17ClN2. The van der Waals surface area contributed by atoms with E-state index in [1.165, 1.54) is 19.3 Å². The van der Waals surface area contributed by atoms with Crippen molar-refractivity contribution in [1.82, 2.24) is 4.90 Å². The topological polar surface area (TPSA) is 27.0 Å². The summed E-state index contributed by atoms with van der Waals surface area (Å²) in [4.78, 5) is 2.35. The molecule has 1 fully saturated rings. The van der Waals surface area contributed by atoms with E-state index in [0.29, 0.717) is 18.6 Å². The Kier molecular flexibility index (Phi) is 4.02. The van der Waals surface area contributed by atoms with Crippen molar-refractivity contribution in [3.8, 4) is 6.07 Å². The number of rotatable bonds is 2. The van der Waals surface area contributed by atoms with Crippen LogP contribution in [0.4, 0.5) is 0 Å². The van der Waals surface area contributed by atoms with Gasteiger partial charge in [-0.2, -0.15) is 5.26 Å². The summed E-state index contributed by atoms with van der Waals surface area (Å²) < 4.78 is 0. The first-order valence-electron chi connectivity index (χ1n) is 4.94. The van der Waals surface area contributed by atoms with E-state index in [0.717, 1.165) is 0 Å². The minimum absolute atomic E-state index is 0.358. The number of piperidine rings is 1. The lowest BCUT2D eigenvalue weighted by Crippen LogP contribution is -2.46. The van der Waals surface area contributed by atoms with Gasteiger partial charge in [0.25, 0.3) is 0 Å². The van der Waals surface area contributed by atoms with E-state index in [1.54, 1.807) is 0 Å². The van der Waals surface area contributed by atoms with Crippen LogP contribution >= 0.6 is 11.6 Å². The number of hydrogen-bond acceptors (Lipinski definition) is 2. The Bertz CT molecular complexity index is 190. The van der Waals surface area contributed by atoms with Crippen LogP contribution in [0, 0.1) is 11.3 Å². The van der Waals surface area contributed by atoms with Crippen LogP contribution in [0.25, 0.3) is 0 Å². The summed E-state index contributed by atoms with van der Waals surface area (Å²) in [5.41, 5.74) is 0. The molecule has 2 nitrogen and oxygen atoms in total. The van der Waals surface area contributed by atoms with Crippen LogP contribution in [0.2, 0.25) is 0 Å². The molecule has 3 unspecified atom stereocenters. The van der Waals surface area contributed by atoms with Gasteiger partial charge in [0.15, 0.2) is 0 Å². The van der Waals surface area contributed by atoms with E-state index in [2.05, 4.69) is 24.8 Å². The largest absolute Gasteiger partial charge is 0.295 e. The van der Waals surface area contributed by atoms with Crippen molar-refractivity contribution >= 4 is 11.6 Å². The second-order valence-corrected chi connectivity index (χ2v) is 4.45. The summed E-state index contributed by atoms with van der Waals surface area (Å²) >= 11 is 5.83. The van der Waals surface area contributed by atoms with Gasteiger partial charge in [0.1, 0.15) is 5.38 Å². The molecule has 0 radical (unpaired) electrons. The maximum absolute atomic E-state index is 8.63. The van der Waals surface area contributed by atoms with Crippen LogP contribution in [-0.4, -0.2) is 28.9 Å². The van der Waals surface area contributed by atoms with Crippen molar-refractivity contribution in [2.45, 2.75) is 50.6 Å². The van der Waals surface area contributed by atoms with Gasteiger partial charge in [0, 0.05) is 18.6 Å². The molecule has 0 aliphatic carbocycles. The highest BCUT2D eigenvalue weighted by Crippen LogP contribution is 2.22. The van der Waals surface area contributed by atoms with E-state index < -0.39 is 0 Å².